The Bertz CT molecular complexity index is 850. The first-order valence-electron chi connectivity index (χ1n) is 10.9. The molecule has 0 aliphatic carbocycles. The number of Topliss-reactive ketones (excluding diaryl/α,β-unsaturated/α-hetero) is 1. The highest BCUT2D eigenvalue weighted by Crippen LogP contribution is 2.39. The van der Waals surface area contributed by atoms with Crippen LogP contribution in [0.3, 0.4) is 0 Å². The number of ketones is 1. The predicted octanol–water partition coefficient (Wildman–Crippen LogP) is 4.74. The van der Waals surface area contributed by atoms with Gasteiger partial charge in [0.1, 0.15) is 5.60 Å². The molecule has 7 heteroatoms. The smallest absolute Gasteiger partial charge is 0.338 e. The molecule has 6 nitrogen and oxygen atoms in total. The van der Waals surface area contributed by atoms with Gasteiger partial charge < -0.3 is 14.5 Å². The van der Waals surface area contributed by atoms with Gasteiger partial charge in [-0.05, 0) is 58.0 Å². The zero-order chi connectivity index (χ0) is 23.8. The van der Waals surface area contributed by atoms with E-state index < -0.39 is 19.9 Å². The highest BCUT2D eigenvalue weighted by molar-refractivity contribution is 6.74. The maximum atomic E-state index is 12.9. The van der Waals surface area contributed by atoms with Gasteiger partial charge in [-0.1, -0.05) is 32.9 Å². The van der Waals surface area contributed by atoms with Crippen LogP contribution in [0.5, 0.6) is 0 Å². The Morgan fingerprint density at radius 2 is 1.68 bits per heavy atom. The normalized spacial score (nSPS) is 20.5. The number of carbonyl (C=O) groups excluding carboxylic acids is 3. The Labute approximate surface area is 187 Å². The second-order valence-corrected chi connectivity index (χ2v) is 15.7. The number of esters is 1. The van der Waals surface area contributed by atoms with Crippen molar-refractivity contribution in [3.05, 3.63) is 35.4 Å². The van der Waals surface area contributed by atoms with E-state index in [1.807, 2.05) is 6.92 Å². The number of carbonyl (C=O) groups is 3. The molecule has 0 saturated carbocycles. The topological polar surface area (TPSA) is 81.7 Å². The molecule has 1 amide bonds. The quantitative estimate of drug-likeness (QED) is 0.283. The van der Waals surface area contributed by atoms with Crippen molar-refractivity contribution >= 4 is 26.0 Å². The van der Waals surface area contributed by atoms with Gasteiger partial charge in [0.05, 0.1) is 23.6 Å². The lowest BCUT2D eigenvalue weighted by atomic mass is 9.82. The van der Waals surface area contributed by atoms with Crippen LogP contribution in [0.2, 0.25) is 18.1 Å². The minimum atomic E-state index is -2.03. The molecular formula is C24H37NO5Si. The summed E-state index contributed by atoms with van der Waals surface area (Å²) in [6.07, 6.45) is -0.0973. The van der Waals surface area contributed by atoms with Gasteiger partial charge in [0.25, 0.3) is 0 Å². The van der Waals surface area contributed by atoms with Gasteiger partial charge in [-0.15, -0.1) is 0 Å². The summed E-state index contributed by atoms with van der Waals surface area (Å²) in [5.41, 5.74) is 0.159. The second-order valence-electron chi connectivity index (χ2n) is 10.9. The SMILES string of the molecule is C[C@@H](O[Si](C)(C)C(C)(C)C)[C@H]1C(=O)N[C@@H]1CC(=O)c1cccc(C(=O)OC(C)(C)C)c1. The summed E-state index contributed by atoms with van der Waals surface area (Å²) in [4.78, 5) is 37.5. The minimum Gasteiger partial charge on any atom is -0.456 e. The molecule has 0 aromatic heterocycles. The Balaban J connectivity index is 2.08. The van der Waals surface area contributed by atoms with Gasteiger partial charge >= 0.3 is 5.97 Å². The van der Waals surface area contributed by atoms with Crippen molar-refractivity contribution in [1.29, 1.82) is 0 Å². The lowest BCUT2D eigenvalue weighted by molar-refractivity contribution is -0.139. The largest absolute Gasteiger partial charge is 0.456 e. The summed E-state index contributed by atoms with van der Waals surface area (Å²) in [6, 6.07) is 6.27. The van der Waals surface area contributed by atoms with E-state index in [-0.39, 0.29) is 41.2 Å². The Kier molecular flexibility index (Phi) is 7.22. The molecule has 1 heterocycles. The zero-order valence-corrected chi connectivity index (χ0v) is 21.3. The maximum absolute atomic E-state index is 12.9. The van der Waals surface area contributed by atoms with E-state index in [0.717, 1.165) is 0 Å². The average Bonchev–Trinajstić information content (AvgIpc) is 2.58. The van der Waals surface area contributed by atoms with Crippen molar-refractivity contribution in [2.75, 3.05) is 0 Å². The molecule has 172 valence electrons. The van der Waals surface area contributed by atoms with Crippen LogP contribution in [0.15, 0.2) is 24.3 Å². The van der Waals surface area contributed by atoms with Crippen molar-refractivity contribution in [3.8, 4) is 0 Å². The third kappa shape index (κ3) is 6.26. The van der Waals surface area contributed by atoms with Gasteiger partial charge in [-0.3, -0.25) is 9.59 Å². The van der Waals surface area contributed by atoms with Gasteiger partial charge in [0.15, 0.2) is 14.1 Å². The molecule has 1 N–H and O–H groups in total. The summed E-state index contributed by atoms with van der Waals surface area (Å²) in [7, 11) is -2.03. The van der Waals surface area contributed by atoms with Crippen LogP contribution in [0.25, 0.3) is 0 Å². The first kappa shape index (κ1) is 25.3. The van der Waals surface area contributed by atoms with Gasteiger partial charge in [0, 0.05) is 12.0 Å². The van der Waals surface area contributed by atoms with Crippen LogP contribution in [0.4, 0.5) is 0 Å². The lowest BCUT2D eigenvalue weighted by Gasteiger charge is -2.45. The minimum absolute atomic E-state index is 0.0366. The fourth-order valence-electron chi connectivity index (χ4n) is 3.36. The first-order valence-corrected chi connectivity index (χ1v) is 13.8. The molecule has 1 saturated heterocycles. The van der Waals surface area contributed by atoms with Gasteiger partial charge in [-0.2, -0.15) is 0 Å². The summed E-state index contributed by atoms with van der Waals surface area (Å²) >= 11 is 0. The van der Waals surface area contributed by atoms with Crippen molar-refractivity contribution < 1.29 is 23.5 Å². The van der Waals surface area contributed by atoms with Crippen molar-refractivity contribution in [3.63, 3.8) is 0 Å². The maximum Gasteiger partial charge on any atom is 0.338 e. The summed E-state index contributed by atoms with van der Waals surface area (Å²) in [5.74, 6) is -1.02. The molecule has 0 bridgehead atoms. The fourth-order valence-corrected chi connectivity index (χ4v) is 4.79. The van der Waals surface area contributed by atoms with E-state index in [2.05, 4.69) is 39.2 Å². The number of ether oxygens (including phenoxy) is 1. The molecule has 0 radical (unpaired) electrons. The number of amides is 1. The van der Waals surface area contributed by atoms with Crippen molar-refractivity contribution in [2.45, 2.75) is 90.8 Å². The van der Waals surface area contributed by atoms with Crippen molar-refractivity contribution in [1.82, 2.24) is 5.32 Å². The Morgan fingerprint density at radius 1 is 1.10 bits per heavy atom. The van der Waals surface area contributed by atoms with E-state index in [9.17, 15) is 14.4 Å². The molecule has 0 unspecified atom stereocenters. The van der Waals surface area contributed by atoms with Crippen LogP contribution >= 0.6 is 0 Å². The first-order chi connectivity index (χ1) is 14.0. The molecule has 31 heavy (non-hydrogen) atoms. The molecule has 1 aliphatic heterocycles. The van der Waals surface area contributed by atoms with Crippen LogP contribution < -0.4 is 5.32 Å². The number of benzene rings is 1. The Hall–Kier alpha value is -1.99. The number of hydrogen-bond donors (Lipinski definition) is 1. The van der Waals surface area contributed by atoms with E-state index in [1.165, 1.54) is 0 Å². The third-order valence-corrected chi connectivity index (χ3v) is 10.7. The van der Waals surface area contributed by atoms with Crippen LogP contribution in [0.1, 0.15) is 75.6 Å². The van der Waals surface area contributed by atoms with Crippen LogP contribution in [-0.4, -0.2) is 43.7 Å². The van der Waals surface area contributed by atoms with Crippen LogP contribution in [-0.2, 0) is 14.0 Å². The third-order valence-electron chi connectivity index (χ3n) is 6.08. The molecule has 1 aromatic rings. The molecule has 1 fully saturated rings. The zero-order valence-electron chi connectivity index (χ0n) is 20.3. The molecule has 2 rings (SSSR count). The predicted molar refractivity (Wildman–Crippen MR) is 124 cm³/mol. The number of nitrogens with one attached hydrogen (secondary N) is 1. The standard InChI is InChI=1S/C24H37NO5Si/c1-15(30-31(8,9)24(5,6)7)20-18(25-21(20)27)14-19(26)16-11-10-12-17(13-16)22(28)29-23(2,3)4/h10-13,15,18,20H,14H2,1-9H3,(H,25,27)/t15-,18-,20-/m1/s1. The summed E-state index contributed by atoms with van der Waals surface area (Å²) in [6.45, 7) is 18.1. The molecule has 0 spiro atoms. The molecule has 1 aromatic carbocycles. The Morgan fingerprint density at radius 3 is 2.19 bits per heavy atom. The number of hydrogen-bond acceptors (Lipinski definition) is 5. The molecule has 1 aliphatic rings. The van der Waals surface area contributed by atoms with E-state index in [0.29, 0.717) is 11.1 Å². The second kappa shape index (κ2) is 8.86. The lowest BCUT2D eigenvalue weighted by Crippen LogP contribution is -2.64. The van der Waals surface area contributed by atoms with Gasteiger partial charge in [0.2, 0.25) is 5.91 Å². The summed E-state index contributed by atoms with van der Waals surface area (Å²) < 4.78 is 11.8. The van der Waals surface area contributed by atoms with E-state index >= 15 is 0 Å². The van der Waals surface area contributed by atoms with Gasteiger partial charge in [-0.25, -0.2) is 4.79 Å². The summed E-state index contributed by atoms with van der Waals surface area (Å²) in [5, 5.41) is 2.89. The fraction of sp³-hybridized carbons (Fsp3) is 0.625. The number of β-lactam (4-membered cyclic amide) rings is 1. The molecule has 3 atom stereocenters. The average molecular weight is 448 g/mol. The van der Waals surface area contributed by atoms with Crippen LogP contribution in [0, 0.1) is 5.92 Å². The highest BCUT2D eigenvalue weighted by Gasteiger charge is 2.47. The van der Waals surface area contributed by atoms with E-state index in [4.69, 9.17) is 9.16 Å². The monoisotopic (exact) mass is 447 g/mol. The molecular weight excluding hydrogens is 410 g/mol. The van der Waals surface area contributed by atoms with Crippen molar-refractivity contribution in [2.24, 2.45) is 5.92 Å². The number of rotatable bonds is 7. The highest BCUT2D eigenvalue weighted by atomic mass is 28.4. The van der Waals surface area contributed by atoms with E-state index in [1.54, 1.807) is 45.0 Å².